The Morgan fingerprint density at radius 1 is 1.16 bits per heavy atom. The predicted molar refractivity (Wildman–Crippen MR) is 127 cm³/mol. The molecule has 0 unspecified atom stereocenters. The maximum Gasteiger partial charge on any atom is 0.283 e. The molecule has 0 aliphatic carbocycles. The van der Waals surface area contributed by atoms with Crippen molar-refractivity contribution in [3.63, 3.8) is 0 Å². The standard InChI is InChI=1S/C24H25N3O4S/c1-15-5-8-17(9-6-15)27-22(29)18(11-16-7-10-19-20(12-16)31-14-30-19)25-23(27)32-13-21(28)26-24(2,3)4/h5-12H,13-14H2,1-4H3,(H,26,28)/b18-11-. The second-order valence-electron chi connectivity index (χ2n) is 8.60. The van der Waals surface area contributed by atoms with Crippen molar-refractivity contribution < 1.29 is 19.1 Å². The van der Waals surface area contributed by atoms with Gasteiger partial charge in [0.25, 0.3) is 5.91 Å². The molecule has 0 spiro atoms. The van der Waals surface area contributed by atoms with Gasteiger partial charge in [-0.3, -0.25) is 14.5 Å². The topological polar surface area (TPSA) is 80.2 Å². The van der Waals surface area contributed by atoms with E-state index in [2.05, 4.69) is 10.3 Å². The van der Waals surface area contributed by atoms with Gasteiger partial charge < -0.3 is 14.8 Å². The van der Waals surface area contributed by atoms with Gasteiger partial charge in [0.2, 0.25) is 12.7 Å². The highest BCUT2D eigenvalue weighted by atomic mass is 32.2. The Morgan fingerprint density at radius 2 is 1.88 bits per heavy atom. The quantitative estimate of drug-likeness (QED) is 0.708. The van der Waals surface area contributed by atoms with Crippen molar-refractivity contribution in [2.75, 3.05) is 17.4 Å². The first-order chi connectivity index (χ1) is 15.2. The summed E-state index contributed by atoms with van der Waals surface area (Å²) in [5.74, 6) is 1.11. The van der Waals surface area contributed by atoms with E-state index in [4.69, 9.17) is 9.47 Å². The highest BCUT2D eigenvalue weighted by Gasteiger charge is 2.32. The zero-order valence-corrected chi connectivity index (χ0v) is 19.3. The molecule has 2 amide bonds. The van der Waals surface area contributed by atoms with Gasteiger partial charge >= 0.3 is 0 Å². The molecule has 0 fully saturated rings. The first-order valence-electron chi connectivity index (χ1n) is 10.2. The number of hydrogen-bond donors (Lipinski definition) is 1. The van der Waals surface area contributed by atoms with Gasteiger partial charge in [-0.05, 0) is 63.6 Å². The molecule has 166 valence electrons. The van der Waals surface area contributed by atoms with Crippen LogP contribution in [0.2, 0.25) is 0 Å². The number of nitrogens with one attached hydrogen (secondary N) is 1. The fraction of sp³-hybridized carbons (Fsp3) is 0.292. The third kappa shape index (κ3) is 4.96. The van der Waals surface area contributed by atoms with Gasteiger partial charge in [-0.1, -0.05) is 35.5 Å². The largest absolute Gasteiger partial charge is 0.454 e. The van der Waals surface area contributed by atoms with Crippen LogP contribution in [0.15, 0.2) is 53.2 Å². The molecule has 8 heteroatoms. The number of aryl methyl sites for hydroxylation is 1. The lowest BCUT2D eigenvalue weighted by atomic mass is 10.1. The van der Waals surface area contributed by atoms with Crippen molar-refractivity contribution >= 4 is 40.5 Å². The average molecular weight is 452 g/mol. The highest BCUT2D eigenvalue weighted by molar-refractivity contribution is 8.14. The summed E-state index contributed by atoms with van der Waals surface area (Å²) in [6.07, 6.45) is 1.72. The van der Waals surface area contributed by atoms with Gasteiger partial charge in [0, 0.05) is 5.54 Å². The number of amides is 2. The van der Waals surface area contributed by atoms with Crippen LogP contribution in [0.5, 0.6) is 11.5 Å². The molecular weight excluding hydrogens is 426 g/mol. The lowest BCUT2D eigenvalue weighted by Crippen LogP contribution is -2.42. The molecule has 0 saturated carbocycles. The zero-order valence-electron chi connectivity index (χ0n) is 18.5. The van der Waals surface area contributed by atoms with Crippen molar-refractivity contribution in [1.29, 1.82) is 0 Å². The van der Waals surface area contributed by atoms with Crippen LogP contribution in [-0.4, -0.2) is 35.1 Å². The molecule has 0 saturated heterocycles. The summed E-state index contributed by atoms with van der Waals surface area (Å²) in [6, 6.07) is 13.1. The van der Waals surface area contributed by atoms with Gasteiger partial charge in [-0.2, -0.15) is 0 Å². The van der Waals surface area contributed by atoms with Gasteiger partial charge in [0.15, 0.2) is 16.7 Å². The molecule has 2 aromatic carbocycles. The van der Waals surface area contributed by atoms with Gasteiger partial charge in [0.05, 0.1) is 11.4 Å². The molecule has 1 N–H and O–H groups in total. The van der Waals surface area contributed by atoms with Crippen LogP contribution in [0.25, 0.3) is 6.08 Å². The van der Waals surface area contributed by atoms with Crippen molar-refractivity contribution in [3.05, 3.63) is 59.3 Å². The zero-order chi connectivity index (χ0) is 22.9. The van der Waals surface area contributed by atoms with Crippen LogP contribution < -0.4 is 19.7 Å². The van der Waals surface area contributed by atoms with Crippen molar-refractivity contribution in [2.24, 2.45) is 4.99 Å². The first kappa shape index (κ1) is 22.0. The maximum atomic E-state index is 13.3. The minimum atomic E-state index is -0.327. The normalized spacial score (nSPS) is 16.5. The molecule has 0 radical (unpaired) electrons. The number of ether oxygens (including phenoxy) is 2. The Morgan fingerprint density at radius 3 is 2.59 bits per heavy atom. The van der Waals surface area contributed by atoms with Crippen molar-refractivity contribution in [3.8, 4) is 11.5 Å². The molecule has 0 bridgehead atoms. The summed E-state index contributed by atoms with van der Waals surface area (Å²) in [5, 5.41) is 3.40. The molecule has 2 heterocycles. The minimum absolute atomic E-state index is 0.116. The minimum Gasteiger partial charge on any atom is -0.454 e. The lowest BCUT2D eigenvalue weighted by Gasteiger charge is -2.21. The van der Waals surface area contributed by atoms with E-state index in [1.807, 2.05) is 70.2 Å². The second-order valence-corrected chi connectivity index (χ2v) is 9.54. The molecule has 0 atom stereocenters. The van der Waals surface area contributed by atoms with Crippen LogP contribution in [0.1, 0.15) is 31.9 Å². The number of anilines is 1. The summed E-state index contributed by atoms with van der Waals surface area (Å²) in [4.78, 5) is 31.7. The molecular formula is C24H25N3O4S. The molecule has 2 aliphatic heterocycles. The number of carbonyl (C=O) groups is 2. The Bertz CT molecular complexity index is 1120. The van der Waals surface area contributed by atoms with E-state index in [9.17, 15) is 9.59 Å². The Balaban J connectivity index is 1.62. The number of fused-ring (bicyclic) bond motifs is 1. The van der Waals surface area contributed by atoms with E-state index in [1.165, 1.54) is 11.8 Å². The maximum absolute atomic E-state index is 13.3. The van der Waals surface area contributed by atoms with Gasteiger partial charge in [-0.15, -0.1) is 0 Å². The molecule has 0 aromatic heterocycles. The van der Waals surface area contributed by atoms with Crippen molar-refractivity contribution in [1.82, 2.24) is 5.32 Å². The summed E-state index contributed by atoms with van der Waals surface area (Å²) < 4.78 is 10.8. The Hall–Kier alpha value is -3.26. The monoisotopic (exact) mass is 451 g/mol. The van der Waals surface area contributed by atoms with E-state index in [1.54, 1.807) is 11.0 Å². The summed E-state index contributed by atoms with van der Waals surface area (Å²) >= 11 is 1.24. The lowest BCUT2D eigenvalue weighted by molar-refractivity contribution is -0.120. The Kier molecular flexibility index (Phi) is 5.97. The number of carbonyl (C=O) groups excluding carboxylic acids is 2. The molecule has 7 nitrogen and oxygen atoms in total. The third-order valence-electron chi connectivity index (χ3n) is 4.67. The summed E-state index contributed by atoms with van der Waals surface area (Å²) in [7, 11) is 0. The molecule has 2 aliphatic rings. The number of thioether (sulfide) groups is 1. The van der Waals surface area contributed by atoms with Gasteiger partial charge in [0.1, 0.15) is 5.70 Å². The van der Waals surface area contributed by atoms with E-state index in [0.29, 0.717) is 28.1 Å². The molecule has 4 rings (SSSR count). The van der Waals surface area contributed by atoms with Gasteiger partial charge in [-0.25, -0.2) is 4.99 Å². The fourth-order valence-corrected chi connectivity index (χ4v) is 4.07. The third-order valence-corrected chi connectivity index (χ3v) is 5.61. The number of hydrogen-bond acceptors (Lipinski definition) is 6. The highest BCUT2D eigenvalue weighted by Crippen LogP contribution is 2.34. The van der Waals surface area contributed by atoms with E-state index in [0.717, 1.165) is 11.1 Å². The van der Waals surface area contributed by atoms with Crippen LogP contribution in [0, 0.1) is 6.92 Å². The number of aliphatic imine (C=N–C) groups is 1. The average Bonchev–Trinajstić information content (AvgIpc) is 3.30. The van der Waals surface area contributed by atoms with E-state index < -0.39 is 0 Å². The molecule has 32 heavy (non-hydrogen) atoms. The van der Waals surface area contributed by atoms with E-state index >= 15 is 0 Å². The smallest absolute Gasteiger partial charge is 0.283 e. The predicted octanol–water partition coefficient (Wildman–Crippen LogP) is 4.12. The van der Waals surface area contributed by atoms with E-state index in [-0.39, 0.29) is 29.9 Å². The molecule has 2 aromatic rings. The van der Waals surface area contributed by atoms with Crippen LogP contribution >= 0.6 is 11.8 Å². The number of amidine groups is 1. The first-order valence-corrected chi connectivity index (χ1v) is 11.2. The van der Waals surface area contributed by atoms with Crippen LogP contribution in [-0.2, 0) is 9.59 Å². The SMILES string of the molecule is Cc1ccc(N2C(=O)/C(=C/c3ccc4c(c3)OCO4)N=C2SCC(=O)NC(C)(C)C)cc1. The number of rotatable bonds is 4. The number of benzene rings is 2. The number of nitrogens with zero attached hydrogens (tertiary/aromatic N) is 2. The van der Waals surface area contributed by atoms with Crippen molar-refractivity contribution in [2.45, 2.75) is 33.2 Å². The Labute approximate surface area is 191 Å². The fourth-order valence-electron chi connectivity index (χ4n) is 3.26. The van der Waals surface area contributed by atoms with Crippen LogP contribution in [0.3, 0.4) is 0 Å². The second kappa shape index (κ2) is 8.70. The summed E-state index contributed by atoms with van der Waals surface area (Å²) in [5.41, 5.74) is 2.54. The summed E-state index contributed by atoms with van der Waals surface area (Å²) in [6.45, 7) is 7.96. The van der Waals surface area contributed by atoms with Crippen LogP contribution in [0.4, 0.5) is 5.69 Å².